The number of fused-ring (bicyclic) bond motifs is 4. The van der Waals surface area contributed by atoms with Crippen LogP contribution in [0.5, 0.6) is 0 Å². The standard InChI is InChI=1S/C32H34F2N6O3S/c1-15(2)37-22-12-40(11-16(22)3)30-36-10-18-19-13-42-14-20(19)25(27(34)28(18)38-30)26-21(33)7-8-23-24(26)17(9-35)29(44-23)39-31(41)43-32(4,5)6/h7-8,10,15-16,22,37H,11-14H2,1-6H3,(H,39,41)/t16-,22+/m0/s1. The fourth-order valence-corrected chi connectivity index (χ4v) is 7.14. The predicted molar refractivity (Wildman–Crippen MR) is 167 cm³/mol. The van der Waals surface area contributed by atoms with E-state index in [9.17, 15) is 10.1 Å². The number of anilines is 2. The van der Waals surface area contributed by atoms with Gasteiger partial charge in [0, 0.05) is 58.0 Å². The van der Waals surface area contributed by atoms with Crippen molar-refractivity contribution in [3.8, 4) is 17.2 Å². The third-order valence-corrected chi connectivity index (χ3v) is 8.98. The molecule has 0 spiro atoms. The van der Waals surface area contributed by atoms with Gasteiger partial charge >= 0.3 is 6.09 Å². The number of carbonyl (C=O) groups is 1. The zero-order valence-corrected chi connectivity index (χ0v) is 26.3. The highest BCUT2D eigenvalue weighted by atomic mass is 32.1. The van der Waals surface area contributed by atoms with Crippen LogP contribution in [-0.4, -0.2) is 46.8 Å². The number of rotatable bonds is 5. The summed E-state index contributed by atoms with van der Waals surface area (Å²) in [5, 5.41) is 17.3. The van der Waals surface area contributed by atoms with Crippen LogP contribution in [0.15, 0.2) is 18.3 Å². The molecule has 9 nitrogen and oxygen atoms in total. The smallest absolute Gasteiger partial charge is 0.412 e. The Kier molecular flexibility index (Phi) is 7.68. The number of halogens is 2. The van der Waals surface area contributed by atoms with Gasteiger partial charge in [0.05, 0.1) is 18.8 Å². The monoisotopic (exact) mass is 620 g/mol. The van der Waals surface area contributed by atoms with Gasteiger partial charge in [0.2, 0.25) is 5.95 Å². The molecule has 0 unspecified atom stereocenters. The van der Waals surface area contributed by atoms with E-state index in [4.69, 9.17) is 14.5 Å². The lowest BCUT2D eigenvalue weighted by atomic mass is 9.90. The Hall–Kier alpha value is -3.92. The van der Waals surface area contributed by atoms with E-state index >= 15 is 8.78 Å². The van der Waals surface area contributed by atoms with Crippen molar-refractivity contribution in [3.05, 3.63) is 46.7 Å². The minimum atomic E-state index is -0.765. The van der Waals surface area contributed by atoms with Crippen molar-refractivity contribution >= 4 is 49.4 Å². The summed E-state index contributed by atoms with van der Waals surface area (Å²) in [5.41, 5.74) is 0.448. The number of nitriles is 1. The number of nitrogens with zero attached hydrogens (tertiary/aromatic N) is 4. The minimum Gasteiger partial charge on any atom is -0.444 e. The quantitative estimate of drug-likeness (QED) is 0.249. The van der Waals surface area contributed by atoms with Crippen LogP contribution in [0.25, 0.3) is 32.1 Å². The van der Waals surface area contributed by atoms with Crippen molar-refractivity contribution in [2.45, 2.75) is 72.4 Å². The van der Waals surface area contributed by atoms with E-state index in [1.165, 1.54) is 12.1 Å². The van der Waals surface area contributed by atoms with Crippen molar-refractivity contribution in [1.29, 1.82) is 5.26 Å². The summed E-state index contributed by atoms with van der Waals surface area (Å²) in [5.74, 6) is -0.672. The molecule has 2 aliphatic heterocycles. The highest BCUT2D eigenvalue weighted by Gasteiger charge is 2.34. The highest BCUT2D eigenvalue weighted by Crippen LogP contribution is 2.47. The van der Waals surface area contributed by atoms with Crippen LogP contribution in [0, 0.1) is 28.9 Å². The van der Waals surface area contributed by atoms with Crippen LogP contribution in [0.4, 0.5) is 24.5 Å². The van der Waals surface area contributed by atoms with Crippen molar-refractivity contribution in [3.63, 3.8) is 0 Å². The summed E-state index contributed by atoms with van der Waals surface area (Å²) in [7, 11) is 0. The number of benzene rings is 2. The molecule has 2 atom stereocenters. The molecule has 2 aliphatic rings. The Balaban J connectivity index is 1.51. The molecule has 230 valence electrons. The fraction of sp³-hybridized carbons (Fsp3) is 0.438. The molecule has 1 amide bonds. The second-order valence-corrected chi connectivity index (χ2v) is 13.8. The number of ether oxygens (including phenoxy) is 2. The first-order chi connectivity index (χ1) is 20.9. The summed E-state index contributed by atoms with van der Waals surface area (Å²) in [6.45, 7) is 13.2. The van der Waals surface area contributed by atoms with E-state index < -0.39 is 23.3 Å². The molecule has 2 aromatic carbocycles. The molecule has 2 N–H and O–H groups in total. The van der Waals surface area contributed by atoms with Crippen LogP contribution in [-0.2, 0) is 22.7 Å². The molecule has 44 heavy (non-hydrogen) atoms. The van der Waals surface area contributed by atoms with E-state index in [2.05, 4.69) is 42.5 Å². The van der Waals surface area contributed by atoms with Crippen LogP contribution in [0.1, 0.15) is 58.2 Å². The van der Waals surface area contributed by atoms with Crippen molar-refractivity contribution in [1.82, 2.24) is 15.3 Å². The predicted octanol–water partition coefficient (Wildman–Crippen LogP) is 6.86. The normalized spacial score (nSPS) is 18.3. The Morgan fingerprint density at radius 2 is 1.95 bits per heavy atom. The summed E-state index contributed by atoms with van der Waals surface area (Å²) in [4.78, 5) is 23.9. The summed E-state index contributed by atoms with van der Waals surface area (Å²) >= 11 is 1.09. The van der Waals surface area contributed by atoms with Crippen molar-refractivity contribution in [2.75, 3.05) is 23.3 Å². The average Bonchev–Trinajstić information content (AvgIpc) is 3.65. The maximum Gasteiger partial charge on any atom is 0.412 e. The highest BCUT2D eigenvalue weighted by molar-refractivity contribution is 7.23. The number of hydrogen-bond donors (Lipinski definition) is 2. The molecule has 12 heteroatoms. The molecule has 0 bridgehead atoms. The van der Waals surface area contributed by atoms with E-state index in [1.54, 1.807) is 27.0 Å². The first-order valence-electron chi connectivity index (χ1n) is 14.6. The first kappa shape index (κ1) is 30.1. The van der Waals surface area contributed by atoms with Crippen molar-refractivity contribution < 1.29 is 23.0 Å². The summed E-state index contributed by atoms with van der Waals surface area (Å²) in [6.07, 6.45) is 0.872. The van der Waals surface area contributed by atoms with Gasteiger partial charge in [-0.25, -0.2) is 23.5 Å². The van der Waals surface area contributed by atoms with Gasteiger partial charge in [-0.15, -0.1) is 11.3 Å². The van der Waals surface area contributed by atoms with Gasteiger partial charge in [-0.3, -0.25) is 5.32 Å². The molecule has 4 aromatic rings. The Morgan fingerprint density at radius 3 is 2.66 bits per heavy atom. The van der Waals surface area contributed by atoms with E-state index in [1.807, 2.05) is 4.90 Å². The first-order valence-corrected chi connectivity index (χ1v) is 15.4. The molecule has 1 saturated heterocycles. The van der Waals surface area contributed by atoms with Gasteiger partial charge in [-0.05, 0) is 49.9 Å². The molecule has 2 aromatic heterocycles. The van der Waals surface area contributed by atoms with E-state index in [-0.39, 0.29) is 51.8 Å². The van der Waals surface area contributed by atoms with Crippen molar-refractivity contribution in [2.24, 2.45) is 5.92 Å². The van der Waals surface area contributed by atoms with Crippen LogP contribution in [0.3, 0.4) is 0 Å². The summed E-state index contributed by atoms with van der Waals surface area (Å²) < 4.78 is 44.4. The molecule has 0 aliphatic carbocycles. The maximum absolute atomic E-state index is 16.8. The number of aromatic nitrogens is 2. The van der Waals surface area contributed by atoms with Gasteiger partial charge < -0.3 is 19.7 Å². The van der Waals surface area contributed by atoms with Gasteiger partial charge in [0.15, 0.2) is 5.82 Å². The Bertz CT molecular complexity index is 1840. The van der Waals surface area contributed by atoms with Gasteiger partial charge in [-0.1, -0.05) is 20.8 Å². The lowest BCUT2D eigenvalue weighted by Crippen LogP contribution is -2.39. The second kappa shape index (κ2) is 11.2. The third kappa shape index (κ3) is 5.33. The molecule has 6 rings (SSSR count). The minimum absolute atomic E-state index is 0.00464. The number of thiophene rings is 1. The Morgan fingerprint density at radius 1 is 1.20 bits per heavy atom. The third-order valence-electron chi connectivity index (χ3n) is 7.91. The van der Waals surface area contributed by atoms with E-state index in [0.717, 1.165) is 11.3 Å². The zero-order chi connectivity index (χ0) is 31.5. The molecule has 0 radical (unpaired) electrons. The average molecular weight is 621 g/mol. The lowest BCUT2D eigenvalue weighted by molar-refractivity contribution is 0.0636. The lowest BCUT2D eigenvalue weighted by Gasteiger charge is -2.20. The molecule has 1 fully saturated rings. The van der Waals surface area contributed by atoms with E-state index in [0.29, 0.717) is 52.2 Å². The van der Waals surface area contributed by atoms with Crippen LogP contribution in [0.2, 0.25) is 0 Å². The summed E-state index contributed by atoms with van der Waals surface area (Å²) in [6, 6.07) is 5.42. The number of carbonyl (C=O) groups excluding carboxylic acids is 1. The second-order valence-electron chi connectivity index (χ2n) is 12.7. The van der Waals surface area contributed by atoms with Gasteiger partial charge in [0.25, 0.3) is 0 Å². The topological polar surface area (TPSA) is 112 Å². The largest absolute Gasteiger partial charge is 0.444 e. The molecule has 4 heterocycles. The van der Waals surface area contributed by atoms with Crippen LogP contribution >= 0.6 is 11.3 Å². The number of nitrogens with one attached hydrogen (secondary N) is 2. The molecule has 0 saturated carbocycles. The Labute approximate surface area is 258 Å². The SMILES string of the molecule is CC(C)N[C@@H]1CN(c2ncc3c4c(c(-c5c(F)ccc6sc(NC(=O)OC(C)(C)C)c(C#N)c56)c(F)c3n2)COC4)C[C@@H]1C. The van der Waals surface area contributed by atoms with Gasteiger partial charge in [0.1, 0.15) is 28.0 Å². The number of amides is 1. The van der Waals surface area contributed by atoms with Gasteiger partial charge in [-0.2, -0.15) is 5.26 Å². The molecular weight excluding hydrogens is 586 g/mol. The number of hydrogen-bond acceptors (Lipinski definition) is 9. The molecular formula is C32H34F2N6O3S. The fourth-order valence-electron chi connectivity index (χ4n) is 6.09. The van der Waals surface area contributed by atoms with Crippen LogP contribution < -0.4 is 15.5 Å². The maximum atomic E-state index is 16.8. The zero-order valence-electron chi connectivity index (χ0n) is 25.5.